The molecule has 0 aromatic heterocycles. The second-order valence-corrected chi connectivity index (χ2v) is 5.90. The first-order valence-corrected chi connectivity index (χ1v) is 8.32. The van der Waals surface area contributed by atoms with Crippen LogP contribution >= 0.6 is 11.6 Å². The third-order valence-corrected chi connectivity index (χ3v) is 3.64. The number of aldehydes is 1. The number of nitrogens with one attached hydrogen (secondary N) is 1. The summed E-state index contributed by atoms with van der Waals surface area (Å²) in [6.07, 6.45) is 1.55. The molecule has 0 unspecified atom stereocenters. The fourth-order valence-electron chi connectivity index (χ4n) is 2.14. The first-order chi connectivity index (χ1) is 12.0. The molecule has 0 aliphatic carbocycles. The lowest BCUT2D eigenvalue weighted by Crippen LogP contribution is -2.21. The summed E-state index contributed by atoms with van der Waals surface area (Å²) < 4.78 is 11.0. The molecular weight excluding hydrogens is 342 g/mol. The zero-order valence-electron chi connectivity index (χ0n) is 14.2. The highest BCUT2D eigenvalue weighted by atomic mass is 35.5. The van der Waals surface area contributed by atoms with Gasteiger partial charge in [-0.25, -0.2) is 0 Å². The lowest BCUT2D eigenvalue weighted by Gasteiger charge is -2.12. The molecule has 2 rings (SSSR count). The molecule has 0 radical (unpaired) electrons. The molecule has 0 fully saturated rings. The maximum atomic E-state index is 12.1. The average Bonchev–Trinajstić information content (AvgIpc) is 2.60. The van der Waals surface area contributed by atoms with Crippen molar-refractivity contribution in [1.29, 1.82) is 0 Å². The van der Waals surface area contributed by atoms with Crippen LogP contribution in [0.5, 0.6) is 11.5 Å². The molecule has 2 aromatic carbocycles. The van der Waals surface area contributed by atoms with E-state index in [1.54, 1.807) is 36.4 Å². The number of anilines is 1. The number of aryl methyl sites for hydroxylation is 1. The Hall–Kier alpha value is -2.53. The number of ether oxygens (including phenoxy) is 2. The predicted octanol–water partition coefficient (Wildman–Crippen LogP) is 4.27. The van der Waals surface area contributed by atoms with Gasteiger partial charge in [-0.15, -0.1) is 0 Å². The van der Waals surface area contributed by atoms with E-state index in [9.17, 15) is 9.59 Å². The third-order valence-electron chi connectivity index (χ3n) is 3.41. The molecule has 132 valence electrons. The van der Waals surface area contributed by atoms with Crippen LogP contribution in [0.4, 0.5) is 5.69 Å². The first kappa shape index (κ1) is 18.8. The molecule has 1 N–H and O–H groups in total. The van der Waals surface area contributed by atoms with Crippen LogP contribution < -0.4 is 14.8 Å². The van der Waals surface area contributed by atoms with E-state index < -0.39 is 0 Å². The van der Waals surface area contributed by atoms with Crippen LogP contribution in [0.2, 0.25) is 5.02 Å². The van der Waals surface area contributed by atoms with Gasteiger partial charge in [0.15, 0.2) is 12.9 Å². The first-order valence-electron chi connectivity index (χ1n) is 7.94. The molecule has 0 aliphatic rings. The molecule has 0 saturated heterocycles. The molecule has 0 saturated carbocycles. The molecule has 1 amide bonds. The van der Waals surface area contributed by atoms with Crippen molar-refractivity contribution in [2.24, 2.45) is 0 Å². The van der Waals surface area contributed by atoms with Gasteiger partial charge in [0.2, 0.25) is 0 Å². The number of hydrogen-bond acceptors (Lipinski definition) is 4. The van der Waals surface area contributed by atoms with Crippen LogP contribution in [0.15, 0.2) is 36.4 Å². The molecule has 0 atom stereocenters. The lowest BCUT2D eigenvalue weighted by molar-refractivity contribution is -0.118. The van der Waals surface area contributed by atoms with Gasteiger partial charge in [0, 0.05) is 16.8 Å². The van der Waals surface area contributed by atoms with Gasteiger partial charge in [0.1, 0.15) is 11.5 Å². The fourth-order valence-corrected chi connectivity index (χ4v) is 2.37. The van der Waals surface area contributed by atoms with Gasteiger partial charge in [0.05, 0.1) is 12.2 Å². The summed E-state index contributed by atoms with van der Waals surface area (Å²) in [5.74, 6) is 0.574. The van der Waals surface area contributed by atoms with E-state index in [4.69, 9.17) is 21.1 Å². The Morgan fingerprint density at radius 3 is 2.68 bits per heavy atom. The minimum absolute atomic E-state index is 0.222. The SMILES string of the molecule is CCCOc1ccc(C=O)c(OCC(=O)Nc2ccc(Cl)cc2C)c1. The van der Waals surface area contributed by atoms with Crippen molar-refractivity contribution in [1.82, 2.24) is 0 Å². The van der Waals surface area contributed by atoms with Gasteiger partial charge in [-0.2, -0.15) is 0 Å². The van der Waals surface area contributed by atoms with Crippen LogP contribution in [0.25, 0.3) is 0 Å². The van der Waals surface area contributed by atoms with Gasteiger partial charge in [-0.3, -0.25) is 9.59 Å². The third kappa shape index (κ3) is 5.50. The Labute approximate surface area is 151 Å². The van der Waals surface area contributed by atoms with Crippen molar-refractivity contribution in [3.05, 3.63) is 52.5 Å². The van der Waals surface area contributed by atoms with Crippen LogP contribution in [0.3, 0.4) is 0 Å². The molecule has 5 nitrogen and oxygen atoms in total. The number of hydrogen-bond donors (Lipinski definition) is 1. The number of benzene rings is 2. The Morgan fingerprint density at radius 1 is 1.20 bits per heavy atom. The lowest BCUT2D eigenvalue weighted by atomic mass is 10.2. The van der Waals surface area contributed by atoms with Gasteiger partial charge in [-0.1, -0.05) is 18.5 Å². The Bertz CT molecular complexity index is 761. The molecule has 0 heterocycles. The second-order valence-electron chi connectivity index (χ2n) is 5.46. The Balaban J connectivity index is 2.01. The highest BCUT2D eigenvalue weighted by molar-refractivity contribution is 6.30. The van der Waals surface area contributed by atoms with Crippen LogP contribution in [0.1, 0.15) is 29.3 Å². The largest absolute Gasteiger partial charge is 0.493 e. The zero-order chi connectivity index (χ0) is 18.2. The highest BCUT2D eigenvalue weighted by Crippen LogP contribution is 2.24. The summed E-state index contributed by atoms with van der Waals surface area (Å²) in [5, 5.41) is 3.35. The Kier molecular flexibility index (Phi) is 6.83. The van der Waals surface area contributed by atoms with Crippen molar-refractivity contribution in [2.45, 2.75) is 20.3 Å². The molecule has 0 bridgehead atoms. The van der Waals surface area contributed by atoms with Gasteiger partial charge >= 0.3 is 0 Å². The number of rotatable bonds is 8. The van der Waals surface area contributed by atoms with Crippen LogP contribution in [-0.4, -0.2) is 25.4 Å². The van der Waals surface area contributed by atoms with E-state index in [0.29, 0.717) is 40.7 Å². The summed E-state index contributed by atoms with van der Waals surface area (Å²) >= 11 is 5.90. The smallest absolute Gasteiger partial charge is 0.262 e. The molecule has 25 heavy (non-hydrogen) atoms. The van der Waals surface area contributed by atoms with Gasteiger partial charge in [0.25, 0.3) is 5.91 Å². The Morgan fingerprint density at radius 2 is 2.00 bits per heavy atom. The molecule has 2 aromatic rings. The van der Waals surface area contributed by atoms with E-state index in [0.717, 1.165) is 12.0 Å². The van der Waals surface area contributed by atoms with E-state index in [1.807, 2.05) is 13.8 Å². The van der Waals surface area contributed by atoms with Gasteiger partial charge < -0.3 is 14.8 Å². The standard InChI is InChI=1S/C19H20ClNO4/c1-3-8-24-16-6-4-14(11-22)18(10-16)25-12-19(23)21-17-7-5-15(20)9-13(17)2/h4-7,9-11H,3,8,12H2,1-2H3,(H,21,23). The van der Waals surface area contributed by atoms with Crippen molar-refractivity contribution in [3.63, 3.8) is 0 Å². The minimum atomic E-state index is -0.331. The summed E-state index contributed by atoms with van der Waals surface area (Å²) in [6, 6.07) is 10.1. The van der Waals surface area contributed by atoms with Crippen LogP contribution in [-0.2, 0) is 4.79 Å². The van der Waals surface area contributed by atoms with Crippen molar-refractivity contribution in [2.75, 3.05) is 18.5 Å². The van der Waals surface area contributed by atoms with E-state index >= 15 is 0 Å². The van der Waals surface area contributed by atoms with E-state index in [-0.39, 0.29) is 12.5 Å². The number of carbonyl (C=O) groups excluding carboxylic acids is 2. The normalized spacial score (nSPS) is 10.2. The minimum Gasteiger partial charge on any atom is -0.493 e. The van der Waals surface area contributed by atoms with E-state index in [2.05, 4.69) is 5.32 Å². The topological polar surface area (TPSA) is 64.6 Å². The van der Waals surface area contributed by atoms with Crippen molar-refractivity contribution in [3.8, 4) is 11.5 Å². The quantitative estimate of drug-likeness (QED) is 0.713. The van der Waals surface area contributed by atoms with Crippen LogP contribution in [0, 0.1) is 6.92 Å². The zero-order valence-corrected chi connectivity index (χ0v) is 14.9. The number of carbonyl (C=O) groups is 2. The summed E-state index contributed by atoms with van der Waals surface area (Å²) in [5.41, 5.74) is 1.87. The number of amides is 1. The summed E-state index contributed by atoms with van der Waals surface area (Å²) in [4.78, 5) is 23.2. The maximum Gasteiger partial charge on any atom is 0.262 e. The maximum absolute atomic E-state index is 12.1. The second kappa shape index (κ2) is 9.08. The average molecular weight is 362 g/mol. The van der Waals surface area contributed by atoms with Crippen molar-refractivity contribution >= 4 is 29.5 Å². The molecule has 0 spiro atoms. The summed E-state index contributed by atoms with van der Waals surface area (Å²) in [7, 11) is 0. The van der Waals surface area contributed by atoms with Gasteiger partial charge in [-0.05, 0) is 49.2 Å². The monoisotopic (exact) mass is 361 g/mol. The highest BCUT2D eigenvalue weighted by Gasteiger charge is 2.10. The number of halogens is 1. The fraction of sp³-hybridized carbons (Fsp3) is 0.263. The van der Waals surface area contributed by atoms with Crippen molar-refractivity contribution < 1.29 is 19.1 Å². The molecular formula is C19H20ClNO4. The van der Waals surface area contributed by atoms with E-state index in [1.165, 1.54) is 0 Å². The molecule has 6 heteroatoms. The summed E-state index contributed by atoms with van der Waals surface area (Å²) in [6.45, 7) is 4.19. The molecule has 0 aliphatic heterocycles. The predicted molar refractivity (Wildman–Crippen MR) is 97.9 cm³/mol.